The third-order valence-electron chi connectivity index (χ3n) is 1.77. The van der Waals surface area contributed by atoms with E-state index in [2.05, 4.69) is 9.72 Å². The van der Waals surface area contributed by atoms with E-state index < -0.39 is 18.0 Å². The van der Waals surface area contributed by atoms with Crippen molar-refractivity contribution in [1.29, 1.82) is 0 Å². The lowest BCUT2D eigenvalue weighted by molar-refractivity contribution is 0.0589. The molecule has 0 saturated carbocycles. The van der Waals surface area contributed by atoms with Gasteiger partial charge in [0.15, 0.2) is 0 Å². The summed E-state index contributed by atoms with van der Waals surface area (Å²) >= 11 is 5.48. The first kappa shape index (κ1) is 11.8. The summed E-state index contributed by atoms with van der Waals surface area (Å²) in [7, 11) is 1.12. The van der Waals surface area contributed by atoms with Crippen molar-refractivity contribution in [3.63, 3.8) is 0 Å². The maximum Gasteiger partial charge on any atom is 0.338 e. The Morgan fingerprint density at radius 3 is 2.80 bits per heavy atom. The van der Waals surface area contributed by atoms with Gasteiger partial charge in [-0.15, -0.1) is 11.6 Å². The minimum absolute atomic E-state index is 0.0491. The second-order valence-corrected chi connectivity index (χ2v) is 2.96. The lowest BCUT2D eigenvalue weighted by Gasteiger charge is -2.07. The number of halogens is 3. The lowest BCUT2D eigenvalue weighted by Crippen LogP contribution is -2.08. The lowest BCUT2D eigenvalue weighted by atomic mass is 10.1. The monoisotopic (exact) mass is 235 g/mol. The van der Waals surface area contributed by atoms with Gasteiger partial charge >= 0.3 is 5.97 Å². The van der Waals surface area contributed by atoms with Gasteiger partial charge in [-0.2, -0.15) is 0 Å². The van der Waals surface area contributed by atoms with E-state index in [1.807, 2.05) is 0 Å². The van der Waals surface area contributed by atoms with Gasteiger partial charge in [-0.25, -0.2) is 13.6 Å². The van der Waals surface area contributed by atoms with E-state index in [9.17, 15) is 13.6 Å². The smallest absolute Gasteiger partial charge is 0.338 e. The van der Waals surface area contributed by atoms with Crippen molar-refractivity contribution in [3.05, 3.63) is 29.1 Å². The summed E-state index contributed by atoms with van der Waals surface area (Å²) < 4.78 is 29.3. The molecule has 0 radical (unpaired) electrons. The highest BCUT2D eigenvalue weighted by Gasteiger charge is 2.19. The number of carbonyl (C=O) groups excluding carboxylic acids is 1. The molecule has 1 rings (SSSR count). The van der Waals surface area contributed by atoms with Crippen LogP contribution in [0.2, 0.25) is 0 Å². The number of pyridine rings is 1. The van der Waals surface area contributed by atoms with Crippen LogP contribution in [0.5, 0.6) is 0 Å². The predicted molar refractivity (Wildman–Crippen MR) is 50.1 cm³/mol. The first-order valence-electron chi connectivity index (χ1n) is 4.01. The molecule has 15 heavy (non-hydrogen) atoms. The van der Waals surface area contributed by atoms with Gasteiger partial charge in [-0.05, 0) is 6.07 Å². The zero-order chi connectivity index (χ0) is 11.4. The van der Waals surface area contributed by atoms with E-state index in [0.29, 0.717) is 5.69 Å². The Bertz CT molecular complexity index is 371. The van der Waals surface area contributed by atoms with E-state index in [1.54, 1.807) is 0 Å². The summed E-state index contributed by atoms with van der Waals surface area (Å²) in [6, 6.07) is 1.21. The minimum Gasteiger partial charge on any atom is -0.465 e. The zero-order valence-corrected chi connectivity index (χ0v) is 8.59. The van der Waals surface area contributed by atoms with Crippen molar-refractivity contribution >= 4 is 17.6 Å². The number of alkyl halides is 3. The third-order valence-corrected chi connectivity index (χ3v) is 2.04. The molecule has 0 N–H and O–H groups in total. The molecule has 1 aromatic heterocycles. The number of rotatable bonds is 3. The Labute approximate surface area is 90.0 Å². The van der Waals surface area contributed by atoms with Crippen LogP contribution in [0.4, 0.5) is 8.78 Å². The van der Waals surface area contributed by atoms with Gasteiger partial charge in [0.25, 0.3) is 6.43 Å². The maximum atomic E-state index is 12.5. The Balaban J connectivity index is 3.22. The van der Waals surface area contributed by atoms with Crippen LogP contribution in [0.25, 0.3) is 0 Å². The molecule has 0 bridgehead atoms. The topological polar surface area (TPSA) is 39.2 Å². The number of ether oxygens (including phenoxy) is 1. The van der Waals surface area contributed by atoms with Crippen molar-refractivity contribution in [3.8, 4) is 0 Å². The molecule has 0 fully saturated rings. The van der Waals surface area contributed by atoms with Crippen molar-refractivity contribution in [2.45, 2.75) is 12.3 Å². The second-order valence-electron chi connectivity index (χ2n) is 2.69. The summed E-state index contributed by atoms with van der Waals surface area (Å²) in [4.78, 5) is 14.9. The molecule has 6 heteroatoms. The fourth-order valence-electron chi connectivity index (χ4n) is 1.04. The van der Waals surface area contributed by atoms with Crippen LogP contribution >= 0.6 is 11.6 Å². The molecule has 0 aliphatic carbocycles. The number of methoxy groups -OCH3 is 1. The van der Waals surface area contributed by atoms with Gasteiger partial charge in [0.1, 0.15) is 0 Å². The van der Waals surface area contributed by atoms with Gasteiger partial charge in [-0.3, -0.25) is 4.98 Å². The molecule has 1 heterocycles. The van der Waals surface area contributed by atoms with Crippen molar-refractivity contribution in [2.24, 2.45) is 0 Å². The predicted octanol–water partition coefficient (Wildman–Crippen LogP) is 2.54. The first-order valence-corrected chi connectivity index (χ1v) is 4.54. The molecule has 82 valence electrons. The largest absolute Gasteiger partial charge is 0.465 e. The molecular weight excluding hydrogens is 228 g/mol. The molecule has 0 unspecified atom stereocenters. The van der Waals surface area contributed by atoms with Crippen LogP contribution in [0, 0.1) is 0 Å². The highest BCUT2D eigenvalue weighted by molar-refractivity contribution is 6.16. The summed E-state index contributed by atoms with van der Waals surface area (Å²) in [6.45, 7) is 0. The highest BCUT2D eigenvalue weighted by Crippen LogP contribution is 2.23. The van der Waals surface area contributed by atoms with E-state index in [0.717, 1.165) is 13.3 Å². The molecule has 0 aliphatic heterocycles. The van der Waals surface area contributed by atoms with Crippen molar-refractivity contribution in [1.82, 2.24) is 4.98 Å². The number of nitrogens with zero attached hydrogens (tertiary/aromatic N) is 1. The van der Waals surface area contributed by atoms with Gasteiger partial charge in [0.2, 0.25) is 0 Å². The van der Waals surface area contributed by atoms with E-state index in [1.165, 1.54) is 6.07 Å². The van der Waals surface area contributed by atoms with E-state index in [4.69, 9.17) is 11.6 Å². The molecule has 0 saturated heterocycles. The summed E-state index contributed by atoms with van der Waals surface area (Å²) in [6.07, 6.45) is -1.83. The Kier molecular flexibility index (Phi) is 3.96. The number of hydrogen-bond donors (Lipinski definition) is 0. The van der Waals surface area contributed by atoms with Crippen LogP contribution in [0.3, 0.4) is 0 Å². The number of aromatic nitrogens is 1. The third kappa shape index (κ3) is 2.62. The van der Waals surface area contributed by atoms with Crippen LogP contribution in [-0.2, 0) is 10.6 Å². The quantitative estimate of drug-likeness (QED) is 0.597. The molecule has 0 spiro atoms. The average Bonchev–Trinajstić information content (AvgIpc) is 2.26. The van der Waals surface area contributed by atoms with Crippen LogP contribution in [0.15, 0.2) is 12.3 Å². The van der Waals surface area contributed by atoms with Gasteiger partial charge in [0, 0.05) is 6.20 Å². The molecular formula is C9H8ClF2NO2. The Hall–Kier alpha value is -1.23. The van der Waals surface area contributed by atoms with E-state index in [-0.39, 0.29) is 11.4 Å². The molecule has 0 aromatic carbocycles. The van der Waals surface area contributed by atoms with Crippen molar-refractivity contribution < 1.29 is 18.3 Å². The van der Waals surface area contributed by atoms with Gasteiger partial charge in [0.05, 0.1) is 29.8 Å². The van der Waals surface area contributed by atoms with Crippen LogP contribution in [-0.4, -0.2) is 18.1 Å². The fraction of sp³-hybridized carbons (Fsp3) is 0.333. The average molecular weight is 236 g/mol. The molecule has 3 nitrogen and oxygen atoms in total. The summed E-state index contributed by atoms with van der Waals surface area (Å²) in [5, 5.41) is 0. The first-order chi connectivity index (χ1) is 7.10. The number of hydrogen-bond acceptors (Lipinski definition) is 3. The van der Waals surface area contributed by atoms with E-state index >= 15 is 0 Å². The zero-order valence-electron chi connectivity index (χ0n) is 7.84. The molecule has 0 atom stereocenters. The SMILES string of the molecule is COC(=O)c1cc(CCl)ncc1C(F)F. The fourth-order valence-corrected chi connectivity index (χ4v) is 1.19. The van der Waals surface area contributed by atoms with Crippen LogP contribution < -0.4 is 0 Å². The molecule has 0 amide bonds. The second kappa shape index (κ2) is 5.02. The summed E-state index contributed by atoms with van der Waals surface area (Å²) in [5.41, 5.74) is -0.296. The van der Waals surface area contributed by atoms with Crippen LogP contribution in [0.1, 0.15) is 28.0 Å². The number of carbonyl (C=O) groups is 1. The minimum atomic E-state index is -2.77. The number of esters is 1. The normalized spacial score (nSPS) is 10.5. The van der Waals surface area contributed by atoms with Crippen molar-refractivity contribution in [2.75, 3.05) is 7.11 Å². The molecule has 0 aliphatic rings. The van der Waals surface area contributed by atoms with Gasteiger partial charge in [-0.1, -0.05) is 0 Å². The molecule has 1 aromatic rings. The Morgan fingerprint density at radius 2 is 2.33 bits per heavy atom. The summed E-state index contributed by atoms with van der Waals surface area (Å²) in [5.74, 6) is -0.771. The highest BCUT2D eigenvalue weighted by atomic mass is 35.5. The maximum absolute atomic E-state index is 12.5. The Morgan fingerprint density at radius 1 is 1.67 bits per heavy atom. The standard InChI is InChI=1S/C9H8ClF2NO2/c1-15-9(14)6-2-5(3-10)13-4-7(6)8(11)12/h2,4,8H,3H2,1H3. The van der Waals surface area contributed by atoms with Gasteiger partial charge < -0.3 is 4.74 Å².